The van der Waals surface area contributed by atoms with Gasteiger partial charge in [-0.1, -0.05) is 41.4 Å². The predicted octanol–water partition coefficient (Wildman–Crippen LogP) is 4.43. The minimum absolute atomic E-state index is 0.266. The van der Waals surface area contributed by atoms with Gasteiger partial charge in [0.1, 0.15) is 5.82 Å². The van der Waals surface area contributed by atoms with E-state index in [2.05, 4.69) is 10.3 Å². The maximum absolute atomic E-state index is 11.9. The zero-order valence-electron chi connectivity index (χ0n) is 10.7. The summed E-state index contributed by atoms with van der Waals surface area (Å²) >= 11 is 11.8. The van der Waals surface area contributed by atoms with Crippen molar-refractivity contribution in [2.45, 2.75) is 6.92 Å². The first-order valence-electron chi connectivity index (χ1n) is 5.92. The third kappa shape index (κ3) is 3.83. The van der Waals surface area contributed by atoms with Gasteiger partial charge in [0.2, 0.25) is 5.91 Å². The summed E-state index contributed by atoms with van der Waals surface area (Å²) < 4.78 is 0. The number of amides is 1. The van der Waals surface area contributed by atoms with Gasteiger partial charge >= 0.3 is 0 Å². The second-order valence-electron chi connectivity index (χ2n) is 4.16. The van der Waals surface area contributed by atoms with Gasteiger partial charge < -0.3 is 5.32 Å². The van der Waals surface area contributed by atoms with Crippen LogP contribution >= 0.6 is 23.2 Å². The molecule has 0 unspecified atom stereocenters. The highest BCUT2D eigenvalue weighted by Gasteiger charge is 2.05. The number of pyridine rings is 1. The molecule has 0 aliphatic heterocycles. The van der Waals surface area contributed by atoms with Gasteiger partial charge in [0.15, 0.2) is 0 Å². The Labute approximate surface area is 127 Å². The van der Waals surface area contributed by atoms with Crippen LogP contribution in [0, 0.1) is 0 Å². The first-order chi connectivity index (χ1) is 9.56. The Bertz CT molecular complexity index is 651. The molecule has 0 aliphatic carbocycles. The quantitative estimate of drug-likeness (QED) is 0.852. The van der Waals surface area contributed by atoms with E-state index in [0.29, 0.717) is 15.9 Å². The highest BCUT2D eigenvalue weighted by Crippen LogP contribution is 2.23. The van der Waals surface area contributed by atoms with E-state index >= 15 is 0 Å². The molecular formula is C15H12Cl2N2O. The average Bonchev–Trinajstić information content (AvgIpc) is 2.41. The summed E-state index contributed by atoms with van der Waals surface area (Å²) in [5.74, 6) is 0.180. The van der Waals surface area contributed by atoms with Crippen LogP contribution in [0.3, 0.4) is 0 Å². The summed E-state index contributed by atoms with van der Waals surface area (Å²) in [6.07, 6.45) is 2.96. The molecule has 1 N–H and O–H groups in total. The summed E-state index contributed by atoms with van der Waals surface area (Å²) in [6, 6.07) is 10.7. The summed E-state index contributed by atoms with van der Waals surface area (Å²) in [4.78, 5) is 15.9. The fraction of sp³-hybridized carbons (Fsp3) is 0.0667. The number of aromatic nitrogens is 1. The molecule has 2 rings (SSSR count). The molecule has 0 bridgehead atoms. The standard InChI is InChI=1S/C15H12Cl2N2O/c1-10(12-4-2-3-5-13(12)17)8-15(20)19-14-7-6-11(16)9-18-14/h2-9H,1H3,(H,18,19,20). The largest absolute Gasteiger partial charge is 0.307 e. The number of halogens is 2. The van der Waals surface area contributed by atoms with Crippen molar-refractivity contribution < 1.29 is 4.79 Å². The maximum Gasteiger partial charge on any atom is 0.249 e. The Hall–Kier alpha value is -1.84. The van der Waals surface area contributed by atoms with Gasteiger partial charge in [0, 0.05) is 17.3 Å². The Kier molecular flexibility index (Phi) is 4.77. The van der Waals surface area contributed by atoms with Crippen LogP contribution in [-0.4, -0.2) is 10.9 Å². The van der Waals surface area contributed by atoms with Gasteiger partial charge in [-0.3, -0.25) is 4.79 Å². The highest BCUT2D eigenvalue weighted by molar-refractivity contribution is 6.32. The molecule has 1 aromatic carbocycles. The first-order valence-corrected chi connectivity index (χ1v) is 6.67. The summed E-state index contributed by atoms with van der Waals surface area (Å²) in [5.41, 5.74) is 1.61. The van der Waals surface area contributed by atoms with Gasteiger partial charge in [0.05, 0.1) is 5.02 Å². The topological polar surface area (TPSA) is 42.0 Å². The number of nitrogens with one attached hydrogen (secondary N) is 1. The first kappa shape index (κ1) is 14.6. The fourth-order valence-corrected chi connectivity index (χ4v) is 2.06. The second-order valence-corrected chi connectivity index (χ2v) is 5.00. The number of allylic oxidation sites excluding steroid dienone is 1. The van der Waals surface area contributed by atoms with Gasteiger partial charge in [-0.15, -0.1) is 0 Å². The summed E-state index contributed by atoms with van der Waals surface area (Å²) in [5, 5.41) is 3.79. The Balaban J connectivity index is 2.12. The number of rotatable bonds is 3. The average molecular weight is 307 g/mol. The molecule has 0 saturated heterocycles. The predicted molar refractivity (Wildman–Crippen MR) is 83.0 cm³/mol. The van der Waals surface area contributed by atoms with Gasteiger partial charge in [-0.25, -0.2) is 4.98 Å². The van der Waals surface area contributed by atoms with Crippen LogP contribution < -0.4 is 5.32 Å². The SMILES string of the molecule is CC(=CC(=O)Nc1ccc(Cl)cn1)c1ccccc1Cl. The third-order valence-corrected chi connectivity index (χ3v) is 3.18. The Morgan fingerprint density at radius 3 is 2.60 bits per heavy atom. The van der Waals surface area contributed by atoms with E-state index < -0.39 is 0 Å². The molecule has 0 saturated carbocycles. The maximum atomic E-state index is 11.9. The van der Waals surface area contributed by atoms with Gasteiger partial charge in [0.25, 0.3) is 0 Å². The fourth-order valence-electron chi connectivity index (χ4n) is 1.67. The lowest BCUT2D eigenvalue weighted by atomic mass is 10.1. The highest BCUT2D eigenvalue weighted by atomic mass is 35.5. The van der Waals surface area contributed by atoms with Crippen LogP contribution in [0.25, 0.3) is 5.57 Å². The summed E-state index contributed by atoms with van der Waals surface area (Å²) in [6.45, 7) is 1.83. The van der Waals surface area contributed by atoms with Crippen molar-refractivity contribution in [1.29, 1.82) is 0 Å². The normalized spacial score (nSPS) is 11.2. The van der Waals surface area contributed by atoms with Crippen LogP contribution in [0.15, 0.2) is 48.7 Å². The molecule has 0 radical (unpaired) electrons. The molecule has 0 fully saturated rings. The second kappa shape index (κ2) is 6.55. The molecule has 1 amide bonds. The number of hydrogen-bond acceptors (Lipinski definition) is 2. The van der Waals surface area contributed by atoms with E-state index in [1.165, 1.54) is 12.3 Å². The van der Waals surface area contributed by atoms with E-state index in [9.17, 15) is 4.79 Å². The smallest absolute Gasteiger partial charge is 0.249 e. The van der Waals surface area contributed by atoms with Crippen molar-refractivity contribution in [3.8, 4) is 0 Å². The minimum atomic E-state index is -0.266. The number of carbonyl (C=O) groups is 1. The molecule has 0 atom stereocenters. The molecule has 3 nitrogen and oxygen atoms in total. The molecule has 102 valence electrons. The van der Waals surface area contributed by atoms with E-state index in [0.717, 1.165) is 11.1 Å². The molecule has 0 aliphatic rings. The van der Waals surface area contributed by atoms with Crippen LogP contribution in [0.2, 0.25) is 10.0 Å². The van der Waals surface area contributed by atoms with Gasteiger partial charge in [-0.05, 0) is 36.3 Å². The van der Waals surface area contributed by atoms with Crippen LogP contribution in [0.1, 0.15) is 12.5 Å². The lowest BCUT2D eigenvalue weighted by molar-refractivity contribution is -0.111. The van der Waals surface area contributed by atoms with Crippen molar-refractivity contribution in [3.63, 3.8) is 0 Å². The molecule has 5 heteroatoms. The van der Waals surface area contributed by atoms with Crippen LogP contribution in [0.5, 0.6) is 0 Å². The summed E-state index contributed by atoms with van der Waals surface area (Å²) in [7, 11) is 0. The molecule has 20 heavy (non-hydrogen) atoms. The van der Waals surface area contributed by atoms with E-state index in [4.69, 9.17) is 23.2 Å². The number of benzene rings is 1. The zero-order valence-corrected chi connectivity index (χ0v) is 12.2. The monoisotopic (exact) mass is 306 g/mol. The van der Waals surface area contributed by atoms with Gasteiger partial charge in [-0.2, -0.15) is 0 Å². The molecule has 1 aromatic heterocycles. The van der Waals surface area contributed by atoms with Crippen LogP contribution in [0.4, 0.5) is 5.82 Å². The third-order valence-electron chi connectivity index (χ3n) is 2.62. The van der Waals surface area contributed by atoms with Crippen LogP contribution in [-0.2, 0) is 4.79 Å². The van der Waals surface area contributed by atoms with E-state index in [1.54, 1.807) is 18.2 Å². The zero-order chi connectivity index (χ0) is 14.5. The molecule has 1 heterocycles. The van der Waals surface area contributed by atoms with Crippen molar-refractivity contribution in [3.05, 3.63) is 64.3 Å². The Morgan fingerprint density at radius 1 is 1.20 bits per heavy atom. The van der Waals surface area contributed by atoms with Crippen molar-refractivity contribution in [2.75, 3.05) is 5.32 Å². The lowest BCUT2D eigenvalue weighted by Crippen LogP contribution is -2.09. The molecule has 2 aromatic rings. The Morgan fingerprint density at radius 2 is 1.95 bits per heavy atom. The van der Waals surface area contributed by atoms with Crippen molar-refractivity contribution >= 4 is 40.5 Å². The number of nitrogens with zero attached hydrogens (tertiary/aromatic N) is 1. The minimum Gasteiger partial charge on any atom is -0.307 e. The molecular weight excluding hydrogens is 295 g/mol. The lowest BCUT2D eigenvalue weighted by Gasteiger charge is -2.05. The van der Waals surface area contributed by atoms with Crippen molar-refractivity contribution in [2.24, 2.45) is 0 Å². The number of hydrogen-bond donors (Lipinski definition) is 1. The van der Waals surface area contributed by atoms with E-state index in [1.807, 2.05) is 25.1 Å². The van der Waals surface area contributed by atoms with Crippen molar-refractivity contribution in [1.82, 2.24) is 4.98 Å². The molecule has 0 spiro atoms. The van der Waals surface area contributed by atoms with E-state index in [-0.39, 0.29) is 5.91 Å². The number of anilines is 1. The number of carbonyl (C=O) groups excluding carboxylic acids is 1.